The van der Waals surface area contributed by atoms with Crippen molar-refractivity contribution < 1.29 is 14.3 Å². The van der Waals surface area contributed by atoms with Crippen molar-refractivity contribution in [1.82, 2.24) is 0 Å². The molecular weight excluding hydrogens is 280 g/mol. The number of hydrogen-bond donors (Lipinski definition) is 1. The number of nitrogens with one attached hydrogen (secondary N) is 1. The Bertz CT molecular complexity index is 730. The van der Waals surface area contributed by atoms with Crippen LogP contribution < -0.4 is 19.7 Å². The molecule has 1 unspecified atom stereocenters. The van der Waals surface area contributed by atoms with E-state index in [1.54, 1.807) is 11.9 Å². The maximum Gasteiger partial charge on any atom is 0.253 e. The molecule has 2 heterocycles. The number of benzene rings is 2. The number of rotatable bonds is 1. The van der Waals surface area contributed by atoms with Crippen LogP contribution in [-0.2, 0) is 4.79 Å². The fourth-order valence-electron chi connectivity index (χ4n) is 2.87. The van der Waals surface area contributed by atoms with E-state index in [-0.39, 0.29) is 11.9 Å². The van der Waals surface area contributed by atoms with Crippen molar-refractivity contribution in [3.05, 3.63) is 48.0 Å². The third-order valence-electron chi connectivity index (χ3n) is 4.03. The van der Waals surface area contributed by atoms with Crippen LogP contribution in [0.1, 0.15) is 11.6 Å². The lowest BCUT2D eigenvalue weighted by Gasteiger charge is -2.34. The van der Waals surface area contributed by atoms with Gasteiger partial charge in [0.15, 0.2) is 11.5 Å². The molecule has 0 bridgehead atoms. The van der Waals surface area contributed by atoms with E-state index in [1.165, 1.54) is 0 Å². The highest BCUT2D eigenvalue weighted by Crippen LogP contribution is 2.43. The van der Waals surface area contributed by atoms with Crippen molar-refractivity contribution in [2.45, 2.75) is 6.04 Å². The number of nitrogens with zero attached hydrogens (tertiary/aromatic N) is 1. The number of carbonyl (C=O) groups is 1. The minimum absolute atomic E-state index is 0.00961. The highest BCUT2D eigenvalue weighted by molar-refractivity contribution is 6.05. The molecule has 0 saturated carbocycles. The topological polar surface area (TPSA) is 50.8 Å². The first kappa shape index (κ1) is 13.0. The summed E-state index contributed by atoms with van der Waals surface area (Å²) in [6, 6.07) is 13.1. The van der Waals surface area contributed by atoms with Crippen molar-refractivity contribution in [2.24, 2.45) is 0 Å². The number of hydrogen-bond acceptors (Lipinski definition) is 4. The van der Waals surface area contributed by atoms with Gasteiger partial charge in [-0.2, -0.15) is 0 Å². The highest BCUT2D eigenvalue weighted by atomic mass is 16.6. The molecule has 2 aliphatic rings. The Morgan fingerprint density at radius 1 is 1.09 bits per heavy atom. The Morgan fingerprint density at radius 3 is 2.50 bits per heavy atom. The Labute approximate surface area is 128 Å². The summed E-state index contributed by atoms with van der Waals surface area (Å²) >= 11 is 0. The van der Waals surface area contributed by atoms with Crippen molar-refractivity contribution in [1.29, 1.82) is 0 Å². The van der Waals surface area contributed by atoms with E-state index in [2.05, 4.69) is 5.32 Å². The highest BCUT2D eigenvalue weighted by Gasteiger charge is 2.32. The maximum atomic E-state index is 12.6. The summed E-state index contributed by atoms with van der Waals surface area (Å²) in [4.78, 5) is 14.3. The van der Waals surface area contributed by atoms with Gasteiger partial charge in [-0.3, -0.25) is 4.79 Å². The summed E-state index contributed by atoms with van der Waals surface area (Å²) in [7, 11) is 1.79. The minimum atomic E-state index is -0.388. The Morgan fingerprint density at radius 2 is 1.77 bits per heavy atom. The molecule has 5 nitrogen and oxygen atoms in total. The molecule has 4 rings (SSSR count). The van der Waals surface area contributed by atoms with Crippen LogP contribution in [0.15, 0.2) is 42.5 Å². The first-order chi connectivity index (χ1) is 10.7. The Hall–Kier alpha value is -2.69. The summed E-state index contributed by atoms with van der Waals surface area (Å²) in [6.45, 7) is 1.08. The van der Waals surface area contributed by atoms with Crippen molar-refractivity contribution >= 4 is 17.3 Å². The van der Waals surface area contributed by atoms with E-state index in [0.717, 1.165) is 16.9 Å². The molecule has 0 spiro atoms. The molecule has 0 aliphatic carbocycles. The zero-order chi connectivity index (χ0) is 15.1. The molecule has 1 atom stereocenters. The number of anilines is 2. The predicted molar refractivity (Wildman–Crippen MR) is 83.6 cm³/mol. The molecule has 0 aromatic heterocycles. The van der Waals surface area contributed by atoms with Crippen LogP contribution in [0.25, 0.3) is 0 Å². The van der Waals surface area contributed by atoms with E-state index in [0.29, 0.717) is 24.7 Å². The SMILES string of the molecule is CN1C(=O)C(c2ccccc2)Nc2cc3c(cc21)OCCO3. The van der Waals surface area contributed by atoms with Gasteiger partial charge in [-0.25, -0.2) is 0 Å². The second kappa shape index (κ2) is 4.94. The van der Waals surface area contributed by atoms with Gasteiger partial charge in [0.25, 0.3) is 5.91 Å². The average molecular weight is 296 g/mol. The normalized spacial score (nSPS) is 19.4. The number of ether oxygens (including phenoxy) is 2. The average Bonchev–Trinajstić information content (AvgIpc) is 2.57. The summed E-state index contributed by atoms with van der Waals surface area (Å²) in [5.74, 6) is 1.41. The van der Waals surface area contributed by atoms with E-state index >= 15 is 0 Å². The van der Waals surface area contributed by atoms with Crippen LogP contribution in [0, 0.1) is 0 Å². The molecular formula is C17H16N2O3. The van der Waals surface area contributed by atoms with Gasteiger partial charge in [-0.05, 0) is 5.56 Å². The van der Waals surface area contributed by atoms with Gasteiger partial charge in [-0.1, -0.05) is 30.3 Å². The third kappa shape index (κ3) is 1.97. The van der Waals surface area contributed by atoms with Gasteiger partial charge < -0.3 is 19.7 Å². The lowest BCUT2D eigenvalue weighted by molar-refractivity contribution is -0.119. The fraction of sp³-hybridized carbons (Fsp3) is 0.235. The lowest BCUT2D eigenvalue weighted by atomic mass is 10.0. The monoisotopic (exact) mass is 296 g/mol. The van der Waals surface area contributed by atoms with Crippen LogP contribution in [0.5, 0.6) is 11.5 Å². The van der Waals surface area contributed by atoms with Crippen LogP contribution in [0.3, 0.4) is 0 Å². The van der Waals surface area contributed by atoms with Gasteiger partial charge in [-0.15, -0.1) is 0 Å². The smallest absolute Gasteiger partial charge is 0.253 e. The van der Waals surface area contributed by atoms with E-state index in [1.807, 2.05) is 42.5 Å². The number of likely N-dealkylation sites (N-methyl/N-ethyl adjacent to an activating group) is 1. The largest absolute Gasteiger partial charge is 0.486 e. The zero-order valence-electron chi connectivity index (χ0n) is 12.2. The van der Waals surface area contributed by atoms with Crippen molar-refractivity contribution in [2.75, 3.05) is 30.5 Å². The third-order valence-corrected chi connectivity index (χ3v) is 4.03. The molecule has 2 aliphatic heterocycles. The second-order valence-electron chi connectivity index (χ2n) is 5.40. The van der Waals surface area contributed by atoms with E-state index < -0.39 is 0 Å². The van der Waals surface area contributed by atoms with Crippen LogP contribution in [0.2, 0.25) is 0 Å². The molecule has 0 saturated heterocycles. The number of fused-ring (bicyclic) bond motifs is 2. The Balaban J connectivity index is 1.77. The first-order valence-electron chi connectivity index (χ1n) is 7.27. The van der Waals surface area contributed by atoms with Gasteiger partial charge in [0.05, 0.1) is 11.4 Å². The van der Waals surface area contributed by atoms with Crippen LogP contribution >= 0.6 is 0 Å². The molecule has 0 radical (unpaired) electrons. The second-order valence-corrected chi connectivity index (χ2v) is 5.40. The van der Waals surface area contributed by atoms with Gasteiger partial charge in [0, 0.05) is 19.2 Å². The number of carbonyl (C=O) groups excluding carboxylic acids is 1. The number of amides is 1. The molecule has 2 aromatic carbocycles. The first-order valence-corrected chi connectivity index (χ1v) is 7.27. The molecule has 2 aromatic rings. The van der Waals surface area contributed by atoms with E-state index in [9.17, 15) is 4.79 Å². The van der Waals surface area contributed by atoms with Crippen LogP contribution in [0.4, 0.5) is 11.4 Å². The van der Waals surface area contributed by atoms with Gasteiger partial charge in [0.2, 0.25) is 0 Å². The minimum Gasteiger partial charge on any atom is -0.486 e. The molecule has 22 heavy (non-hydrogen) atoms. The quantitative estimate of drug-likeness (QED) is 0.879. The van der Waals surface area contributed by atoms with Crippen LogP contribution in [-0.4, -0.2) is 26.2 Å². The van der Waals surface area contributed by atoms with Gasteiger partial charge in [0.1, 0.15) is 19.3 Å². The summed E-state index contributed by atoms with van der Waals surface area (Å²) < 4.78 is 11.2. The summed E-state index contributed by atoms with van der Waals surface area (Å²) in [6.07, 6.45) is 0. The van der Waals surface area contributed by atoms with E-state index in [4.69, 9.17) is 9.47 Å². The predicted octanol–water partition coefficient (Wildman–Crippen LogP) is 2.59. The molecule has 0 fully saturated rings. The molecule has 5 heteroatoms. The summed E-state index contributed by atoms with van der Waals surface area (Å²) in [5, 5.41) is 3.32. The van der Waals surface area contributed by atoms with Gasteiger partial charge >= 0.3 is 0 Å². The lowest BCUT2D eigenvalue weighted by Crippen LogP contribution is -2.39. The molecule has 1 amide bonds. The summed E-state index contributed by atoms with van der Waals surface area (Å²) in [5.41, 5.74) is 2.63. The molecule has 112 valence electrons. The van der Waals surface area contributed by atoms with Crippen molar-refractivity contribution in [3.63, 3.8) is 0 Å². The van der Waals surface area contributed by atoms with Crippen molar-refractivity contribution in [3.8, 4) is 11.5 Å². The Kier molecular flexibility index (Phi) is 2.92. The standard InChI is InChI=1S/C17H16N2O3/c1-19-13-10-15-14(21-7-8-22-15)9-12(13)18-16(17(19)20)11-5-3-2-4-6-11/h2-6,9-10,16,18H,7-8H2,1H3. The maximum absolute atomic E-state index is 12.6. The molecule has 1 N–H and O–H groups in total. The zero-order valence-corrected chi connectivity index (χ0v) is 12.2. The fourth-order valence-corrected chi connectivity index (χ4v) is 2.87.